The molecule has 0 spiro atoms. The minimum absolute atomic E-state index is 0.00837. The quantitative estimate of drug-likeness (QED) is 0.229. The molecule has 0 aliphatic carbocycles. The maximum Gasteiger partial charge on any atom is 0.335 e. The molecule has 1 heterocycles. The van der Waals surface area contributed by atoms with Crippen LogP contribution in [0, 0.1) is 15.9 Å². The summed E-state index contributed by atoms with van der Waals surface area (Å²) in [5, 5.41) is 13.8. The molecule has 1 N–H and O–H groups in total. The van der Waals surface area contributed by atoms with Crippen LogP contribution in [0.1, 0.15) is 11.1 Å². The fourth-order valence-corrected chi connectivity index (χ4v) is 3.48. The predicted molar refractivity (Wildman–Crippen MR) is 126 cm³/mol. The molecule has 0 aromatic heterocycles. The van der Waals surface area contributed by atoms with Gasteiger partial charge in [-0.25, -0.2) is 14.1 Å². The van der Waals surface area contributed by atoms with E-state index < -0.39 is 39.8 Å². The number of nitro benzene ring substituents is 1. The van der Waals surface area contributed by atoms with Crippen LogP contribution in [-0.2, 0) is 16.2 Å². The summed E-state index contributed by atoms with van der Waals surface area (Å²) in [4.78, 5) is 49.6. The lowest BCUT2D eigenvalue weighted by molar-refractivity contribution is -0.385. The van der Waals surface area contributed by atoms with Crippen LogP contribution in [0.5, 0.6) is 11.5 Å². The number of urea groups is 1. The first-order chi connectivity index (χ1) is 17.3. The van der Waals surface area contributed by atoms with Crippen LogP contribution in [-0.4, -0.2) is 29.9 Å². The first-order valence-electron chi connectivity index (χ1n) is 10.5. The van der Waals surface area contributed by atoms with Gasteiger partial charge < -0.3 is 9.47 Å². The van der Waals surface area contributed by atoms with Crippen molar-refractivity contribution in [3.8, 4) is 11.5 Å². The molecular weight excluding hydrogens is 473 g/mol. The van der Waals surface area contributed by atoms with Crippen LogP contribution in [0.4, 0.5) is 20.6 Å². The predicted octanol–water partition coefficient (Wildman–Crippen LogP) is 3.99. The molecule has 36 heavy (non-hydrogen) atoms. The number of amides is 4. The first-order valence-corrected chi connectivity index (χ1v) is 10.5. The van der Waals surface area contributed by atoms with Gasteiger partial charge >= 0.3 is 6.03 Å². The number of carbonyl (C=O) groups excluding carboxylic acids is 3. The zero-order chi connectivity index (χ0) is 25.8. The molecule has 1 aliphatic rings. The number of anilines is 1. The highest BCUT2D eigenvalue weighted by molar-refractivity contribution is 6.39. The number of nitrogens with one attached hydrogen (secondary N) is 1. The summed E-state index contributed by atoms with van der Waals surface area (Å²) in [5.41, 5.74) is -0.299. The van der Waals surface area contributed by atoms with E-state index in [2.05, 4.69) is 0 Å². The monoisotopic (exact) mass is 491 g/mol. The molecule has 0 unspecified atom stereocenters. The SMILES string of the molecule is COc1cc(C=C2C(=O)NC(=O)N(c3ccc(F)cc3)C2=O)c([N+](=O)[O-])cc1OCc1ccccc1. The van der Waals surface area contributed by atoms with E-state index in [-0.39, 0.29) is 29.4 Å². The Kier molecular flexibility index (Phi) is 6.72. The van der Waals surface area contributed by atoms with Gasteiger partial charge in [-0.1, -0.05) is 30.3 Å². The molecule has 0 atom stereocenters. The van der Waals surface area contributed by atoms with E-state index in [4.69, 9.17) is 9.47 Å². The number of imide groups is 2. The molecule has 11 heteroatoms. The fraction of sp³-hybridized carbons (Fsp3) is 0.0800. The number of barbiturate groups is 1. The summed E-state index contributed by atoms with van der Waals surface area (Å²) < 4.78 is 24.3. The molecule has 4 amide bonds. The summed E-state index contributed by atoms with van der Waals surface area (Å²) in [6.07, 6.45) is 0.988. The Morgan fingerprint density at radius 3 is 2.36 bits per heavy atom. The van der Waals surface area contributed by atoms with E-state index in [1.807, 2.05) is 35.6 Å². The average Bonchev–Trinajstić information content (AvgIpc) is 2.86. The van der Waals surface area contributed by atoms with Gasteiger partial charge in [0.25, 0.3) is 17.5 Å². The van der Waals surface area contributed by atoms with Crippen LogP contribution in [0.15, 0.2) is 72.3 Å². The zero-order valence-electron chi connectivity index (χ0n) is 18.8. The molecule has 10 nitrogen and oxygen atoms in total. The molecule has 1 aliphatic heterocycles. The number of methoxy groups -OCH3 is 1. The van der Waals surface area contributed by atoms with Gasteiger partial charge in [-0.15, -0.1) is 0 Å². The number of benzene rings is 3. The topological polar surface area (TPSA) is 128 Å². The van der Waals surface area contributed by atoms with Gasteiger partial charge in [0, 0.05) is 0 Å². The van der Waals surface area contributed by atoms with Gasteiger partial charge in [0.1, 0.15) is 18.0 Å². The molecule has 182 valence electrons. The number of hydrogen-bond acceptors (Lipinski definition) is 7. The van der Waals surface area contributed by atoms with E-state index in [0.29, 0.717) is 4.90 Å². The molecule has 0 bridgehead atoms. The fourth-order valence-electron chi connectivity index (χ4n) is 3.48. The number of ether oxygens (including phenoxy) is 2. The molecule has 4 rings (SSSR count). The highest BCUT2D eigenvalue weighted by atomic mass is 19.1. The maximum absolute atomic E-state index is 13.3. The van der Waals surface area contributed by atoms with Crippen LogP contribution >= 0.6 is 0 Å². The number of halogens is 1. The largest absolute Gasteiger partial charge is 0.493 e. The lowest BCUT2D eigenvalue weighted by atomic mass is 10.0. The van der Waals surface area contributed by atoms with Crippen molar-refractivity contribution in [2.24, 2.45) is 0 Å². The smallest absolute Gasteiger partial charge is 0.335 e. The number of rotatable bonds is 7. The van der Waals surface area contributed by atoms with Crippen molar-refractivity contribution in [2.75, 3.05) is 12.0 Å². The second-order valence-electron chi connectivity index (χ2n) is 7.53. The van der Waals surface area contributed by atoms with Gasteiger partial charge in [0.2, 0.25) is 0 Å². The highest BCUT2D eigenvalue weighted by Crippen LogP contribution is 2.37. The van der Waals surface area contributed by atoms with Crippen molar-refractivity contribution >= 4 is 35.3 Å². The van der Waals surface area contributed by atoms with Crippen LogP contribution in [0.2, 0.25) is 0 Å². The molecule has 3 aromatic rings. The van der Waals surface area contributed by atoms with Crippen LogP contribution < -0.4 is 19.7 Å². The first kappa shape index (κ1) is 24.1. The van der Waals surface area contributed by atoms with Gasteiger partial charge in [0.15, 0.2) is 11.5 Å². The Morgan fingerprint density at radius 2 is 1.72 bits per heavy atom. The Morgan fingerprint density at radius 1 is 1.03 bits per heavy atom. The Bertz CT molecular complexity index is 1390. The normalized spacial score (nSPS) is 14.6. The van der Waals surface area contributed by atoms with Crippen molar-refractivity contribution < 1.29 is 33.2 Å². The Balaban J connectivity index is 1.72. The van der Waals surface area contributed by atoms with E-state index in [1.54, 1.807) is 0 Å². The third-order valence-electron chi connectivity index (χ3n) is 5.23. The van der Waals surface area contributed by atoms with Crippen molar-refractivity contribution in [3.05, 3.63) is 99.4 Å². The maximum atomic E-state index is 13.3. The van der Waals surface area contributed by atoms with E-state index >= 15 is 0 Å². The molecule has 0 saturated carbocycles. The van der Waals surface area contributed by atoms with Gasteiger partial charge in [-0.3, -0.25) is 25.0 Å². The Labute approximate surface area is 203 Å². The molecule has 1 saturated heterocycles. The standard InChI is InChI=1S/C25H18FN3O7/c1-35-21-12-16(20(29(33)34)13-22(21)36-14-15-5-3-2-4-6-15)11-19-23(30)27-25(32)28(24(19)31)18-9-7-17(26)8-10-18/h2-13H,14H2,1H3,(H,27,30,32). The van der Waals surface area contributed by atoms with E-state index in [9.17, 15) is 28.9 Å². The average molecular weight is 491 g/mol. The minimum Gasteiger partial charge on any atom is -0.493 e. The van der Waals surface area contributed by atoms with Gasteiger partial charge in [0.05, 0.1) is 29.4 Å². The Hall–Kier alpha value is -5.06. The second kappa shape index (κ2) is 10.1. The number of nitrogens with zero attached hydrogens (tertiary/aromatic N) is 2. The lowest BCUT2D eigenvalue weighted by Gasteiger charge is -2.26. The molecule has 0 radical (unpaired) electrons. The van der Waals surface area contributed by atoms with Crippen molar-refractivity contribution in [1.82, 2.24) is 5.32 Å². The molecular formula is C25H18FN3O7. The third-order valence-corrected chi connectivity index (χ3v) is 5.23. The van der Waals surface area contributed by atoms with Gasteiger partial charge in [-0.05, 0) is 42.0 Å². The van der Waals surface area contributed by atoms with Crippen molar-refractivity contribution in [2.45, 2.75) is 6.61 Å². The summed E-state index contributed by atoms with van der Waals surface area (Å²) in [6.45, 7) is 0.115. The van der Waals surface area contributed by atoms with Crippen LogP contribution in [0.25, 0.3) is 6.08 Å². The highest BCUT2D eigenvalue weighted by Gasteiger charge is 2.37. The summed E-state index contributed by atoms with van der Waals surface area (Å²) in [7, 11) is 1.33. The number of nitro groups is 1. The van der Waals surface area contributed by atoms with Crippen molar-refractivity contribution in [3.63, 3.8) is 0 Å². The summed E-state index contributed by atoms with van der Waals surface area (Å²) in [5.74, 6) is -2.46. The summed E-state index contributed by atoms with van der Waals surface area (Å²) >= 11 is 0. The number of hydrogen-bond donors (Lipinski definition) is 1. The van der Waals surface area contributed by atoms with E-state index in [1.165, 1.54) is 25.3 Å². The lowest BCUT2D eigenvalue weighted by Crippen LogP contribution is -2.54. The second-order valence-corrected chi connectivity index (χ2v) is 7.53. The van der Waals surface area contributed by atoms with Gasteiger partial charge in [-0.2, -0.15) is 0 Å². The zero-order valence-corrected chi connectivity index (χ0v) is 18.8. The van der Waals surface area contributed by atoms with E-state index in [0.717, 1.165) is 29.8 Å². The molecule has 3 aromatic carbocycles. The number of carbonyl (C=O) groups is 3. The van der Waals surface area contributed by atoms with Crippen molar-refractivity contribution in [1.29, 1.82) is 0 Å². The van der Waals surface area contributed by atoms with Crippen LogP contribution in [0.3, 0.4) is 0 Å². The summed E-state index contributed by atoms with van der Waals surface area (Å²) in [6, 6.07) is 14.9. The molecule has 1 fully saturated rings. The minimum atomic E-state index is -1.04. The third kappa shape index (κ3) is 4.89.